The Labute approximate surface area is 269 Å². The number of hydrogen-bond acceptors (Lipinski definition) is 0. The minimum absolute atomic E-state index is 0.0135. The van der Waals surface area contributed by atoms with Crippen LogP contribution in [0.15, 0.2) is 102 Å². The lowest BCUT2D eigenvalue weighted by Gasteiger charge is -2.62. The molecule has 0 N–H and O–H groups in total. The largest absolute Gasteiger partial charge is 0.0995 e. The van der Waals surface area contributed by atoms with Crippen molar-refractivity contribution in [2.24, 2.45) is 22.2 Å². The first kappa shape index (κ1) is 32.3. The van der Waals surface area contributed by atoms with Crippen LogP contribution in [0.5, 0.6) is 0 Å². The van der Waals surface area contributed by atoms with Gasteiger partial charge in [-0.15, -0.1) is 0 Å². The highest BCUT2D eigenvalue weighted by Crippen LogP contribution is 2.70. The Morgan fingerprint density at radius 3 is 2.20 bits per heavy atom. The summed E-state index contributed by atoms with van der Waals surface area (Å²) in [5.41, 5.74) is 18.8. The third kappa shape index (κ3) is 4.98. The second kappa shape index (κ2) is 11.3. The van der Waals surface area contributed by atoms with Gasteiger partial charge in [0.05, 0.1) is 0 Å². The van der Waals surface area contributed by atoms with E-state index < -0.39 is 0 Å². The third-order valence-electron chi connectivity index (χ3n) is 12.2. The standard InChI is InChI=1S/C44H56/c1-14-28(4)15-16-29(5)23-35-18-20-36(21-19-35)37-22-17-30(6)40-32(8)41-34(10)44(13)33(9)39(27(2)3)31(7)24-43(44,12)26-42(41,11)25-38(37)40/h17-22,28H,2,5,8-9,14-16,23-26H2,1,3-4,6-7,10-13H3/t28?,42-,43+,44-/m1/s1. The molecule has 0 aliphatic heterocycles. The van der Waals surface area contributed by atoms with Crippen molar-refractivity contribution in [3.8, 4) is 11.1 Å². The van der Waals surface area contributed by atoms with E-state index in [-0.39, 0.29) is 16.2 Å². The van der Waals surface area contributed by atoms with E-state index in [0.29, 0.717) is 0 Å². The maximum Gasteiger partial charge on any atom is 0.0194 e. The molecule has 0 spiro atoms. The van der Waals surface area contributed by atoms with Gasteiger partial charge in [0, 0.05) is 5.41 Å². The lowest BCUT2D eigenvalue weighted by molar-refractivity contribution is 0.0544. The molecule has 1 unspecified atom stereocenters. The van der Waals surface area contributed by atoms with Gasteiger partial charge in [-0.2, -0.15) is 0 Å². The summed E-state index contributed by atoms with van der Waals surface area (Å²) < 4.78 is 0. The molecule has 3 aliphatic rings. The Morgan fingerprint density at radius 2 is 1.59 bits per heavy atom. The fraction of sp³-hybridized carbons (Fsp3) is 0.455. The molecule has 2 aromatic rings. The predicted molar refractivity (Wildman–Crippen MR) is 194 cm³/mol. The first-order valence-electron chi connectivity index (χ1n) is 16.9. The van der Waals surface area contributed by atoms with Crippen molar-refractivity contribution < 1.29 is 0 Å². The average Bonchev–Trinajstić information content (AvgIpc) is 2.94. The van der Waals surface area contributed by atoms with E-state index in [4.69, 9.17) is 13.2 Å². The van der Waals surface area contributed by atoms with E-state index in [1.54, 1.807) is 0 Å². The molecule has 44 heavy (non-hydrogen) atoms. The Bertz CT molecular complexity index is 1630. The van der Waals surface area contributed by atoms with E-state index >= 15 is 0 Å². The minimum Gasteiger partial charge on any atom is -0.0995 e. The summed E-state index contributed by atoms with van der Waals surface area (Å²) in [5.74, 6) is 0.768. The molecule has 0 heterocycles. The van der Waals surface area contributed by atoms with E-state index in [1.807, 2.05) is 0 Å². The number of rotatable bonds is 8. The van der Waals surface area contributed by atoms with Crippen LogP contribution in [-0.4, -0.2) is 0 Å². The van der Waals surface area contributed by atoms with Gasteiger partial charge in [-0.3, -0.25) is 0 Å². The molecule has 232 valence electrons. The molecule has 0 heteroatoms. The monoisotopic (exact) mass is 584 g/mol. The van der Waals surface area contributed by atoms with Gasteiger partial charge in [-0.25, -0.2) is 0 Å². The van der Waals surface area contributed by atoms with Gasteiger partial charge in [0.1, 0.15) is 0 Å². The zero-order chi connectivity index (χ0) is 32.4. The van der Waals surface area contributed by atoms with Gasteiger partial charge in [0.15, 0.2) is 0 Å². The second-order valence-electron chi connectivity index (χ2n) is 15.6. The second-order valence-corrected chi connectivity index (χ2v) is 15.6. The molecular weight excluding hydrogens is 528 g/mol. The van der Waals surface area contributed by atoms with Crippen LogP contribution in [0.1, 0.15) is 110 Å². The molecule has 0 saturated heterocycles. The molecule has 0 amide bonds. The van der Waals surface area contributed by atoms with Crippen LogP contribution >= 0.6 is 0 Å². The summed E-state index contributed by atoms with van der Waals surface area (Å²) in [4.78, 5) is 0. The third-order valence-corrected chi connectivity index (χ3v) is 12.2. The van der Waals surface area contributed by atoms with Crippen molar-refractivity contribution in [1.82, 2.24) is 0 Å². The van der Waals surface area contributed by atoms with Crippen molar-refractivity contribution in [3.63, 3.8) is 0 Å². The van der Waals surface area contributed by atoms with Gasteiger partial charge in [-0.1, -0.05) is 126 Å². The molecule has 0 saturated carbocycles. The molecular formula is C44H56. The number of fused-ring (bicyclic) bond motifs is 3. The summed E-state index contributed by atoms with van der Waals surface area (Å²) in [6, 6.07) is 14.0. The summed E-state index contributed by atoms with van der Waals surface area (Å²) in [6.07, 6.45) is 7.79. The number of benzene rings is 2. The highest BCUT2D eigenvalue weighted by molar-refractivity contribution is 5.90. The molecule has 0 nitrogen and oxygen atoms in total. The van der Waals surface area contributed by atoms with E-state index in [9.17, 15) is 0 Å². The molecule has 0 fully saturated rings. The number of allylic oxidation sites excluding steroid dienone is 8. The lowest BCUT2D eigenvalue weighted by Crippen LogP contribution is -2.52. The van der Waals surface area contributed by atoms with Crippen molar-refractivity contribution >= 4 is 5.57 Å². The lowest BCUT2D eigenvalue weighted by atomic mass is 9.41. The smallest absolute Gasteiger partial charge is 0.0194 e. The maximum absolute atomic E-state index is 4.87. The van der Waals surface area contributed by atoms with Crippen LogP contribution < -0.4 is 0 Å². The molecule has 3 aliphatic carbocycles. The van der Waals surface area contributed by atoms with Crippen molar-refractivity contribution in [2.75, 3.05) is 0 Å². The van der Waals surface area contributed by atoms with Crippen LogP contribution in [0.4, 0.5) is 0 Å². The molecule has 0 bridgehead atoms. The Kier molecular flexibility index (Phi) is 8.33. The molecule has 0 radical (unpaired) electrons. The number of hydrogen-bond donors (Lipinski definition) is 0. The van der Waals surface area contributed by atoms with Gasteiger partial charge in [0.25, 0.3) is 0 Å². The zero-order valence-corrected chi connectivity index (χ0v) is 29.3. The Morgan fingerprint density at radius 1 is 0.932 bits per heavy atom. The highest BCUT2D eigenvalue weighted by atomic mass is 14.6. The summed E-state index contributed by atoms with van der Waals surface area (Å²) in [7, 11) is 0. The van der Waals surface area contributed by atoms with Gasteiger partial charge < -0.3 is 0 Å². The fourth-order valence-corrected chi connectivity index (χ4v) is 9.64. The maximum atomic E-state index is 4.87. The SMILES string of the molecule is C=C(CCC(C)CC)Cc1ccc(-c2ccc(C)c3c2C[C@]2(C)C[C@]4(C)CC(C)=C(C(=C)C)C(=C)[C@]4(C)C(C)=C2C3=C)cc1. The first-order chi connectivity index (χ1) is 20.6. The quantitative estimate of drug-likeness (QED) is 0.271. The van der Waals surface area contributed by atoms with Crippen molar-refractivity contribution in [3.05, 3.63) is 124 Å². The summed E-state index contributed by atoms with van der Waals surface area (Å²) in [6.45, 7) is 39.6. The topological polar surface area (TPSA) is 0 Å². The number of aryl methyl sites for hydroxylation is 1. The van der Waals surface area contributed by atoms with Crippen molar-refractivity contribution in [2.45, 2.75) is 107 Å². The van der Waals surface area contributed by atoms with E-state index in [1.165, 1.54) is 85.2 Å². The van der Waals surface area contributed by atoms with Crippen LogP contribution in [0, 0.1) is 29.1 Å². The Hall–Kier alpha value is -3.12. The average molecular weight is 585 g/mol. The molecule has 5 rings (SSSR count). The van der Waals surface area contributed by atoms with Gasteiger partial charge >= 0.3 is 0 Å². The van der Waals surface area contributed by atoms with Gasteiger partial charge in [0.2, 0.25) is 0 Å². The van der Waals surface area contributed by atoms with Gasteiger partial charge in [-0.05, 0) is 139 Å². The van der Waals surface area contributed by atoms with E-state index in [0.717, 1.165) is 43.6 Å². The summed E-state index contributed by atoms with van der Waals surface area (Å²) >= 11 is 0. The van der Waals surface area contributed by atoms with Crippen molar-refractivity contribution in [1.29, 1.82) is 0 Å². The predicted octanol–water partition coefficient (Wildman–Crippen LogP) is 12.7. The normalized spacial score (nSPS) is 27.1. The van der Waals surface area contributed by atoms with Crippen LogP contribution in [-0.2, 0) is 12.8 Å². The highest BCUT2D eigenvalue weighted by Gasteiger charge is 2.59. The first-order valence-corrected chi connectivity index (χ1v) is 16.9. The van der Waals surface area contributed by atoms with Crippen LogP contribution in [0.25, 0.3) is 16.7 Å². The zero-order valence-electron chi connectivity index (χ0n) is 29.3. The Balaban J connectivity index is 1.55. The summed E-state index contributed by atoms with van der Waals surface area (Å²) in [5, 5.41) is 0. The molecule has 2 aromatic carbocycles. The van der Waals surface area contributed by atoms with Crippen LogP contribution in [0.3, 0.4) is 0 Å². The minimum atomic E-state index is -0.129. The van der Waals surface area contributed by atoms with E-state index in [2.05, 4.69) is 112 Å². The molecule has 0 aromatic heterocycles. The van der Waals surface area contributed by atoms with Crippen LogP contribution in [0.2, 0.25) is 0 Å². The fourth-order valence-electron chi connectivity index (χ4n) is 9.64. The molecule has 4 atom stereocenters.